The Hall–Kier alpha value is -4.67. The van der Waals surface area contributed by atoms with Crippen molar-refractivity contribution in [2.24, 2.45) is 5.92 Å². The zero-order valence-electron chi connectivity index (χ0n) is 26.4. The second-order valence-electron chi connectivity index (χ2n) is 11.5. The second kappa shape index (κ2) is 14.4. The molecule has 8 nitrogen and oxygen atoms in total. The van der Waals surface area contributed by atoms with Crippen LogP contribution in [0.3, 0.4) is 0 Å². The molecule has 0 bridgehead atoms. The zero-order valence-corrected chi connectivity index (χ0v) is 28.0. The zero-order chi connectivity index (χ0) is 32.9. The van der Waals surface area contributed by atoms with E-state index in [-0.39, 0.29) is 16.5 Å². The van der Waals surface area contributed by atoms with Gasteiger partial charge >= 0.3 is 5.91 Å². The SMILES string of the molecule is CCOc1cc(C2C(=C(O)c3ccccc3)C(=O)C(=O)N2c2nnc(SCc3cccc4ccccc34)s2)ccc1OCCC(C)C. The number of aliphatic hydroxyl groups excluding tert-OH is 1. The summed E-state index contributed by atoms with van der Waals surface area (Å²) in [6, 6.07) is 27.6. The summed E-state index contributed by atoms with van der Waals surface area (Å²) in [5, 5.41) is 22.8. The molecule has 1 N–H and O–H groups in total. The molecule has 1 amide bonds. The number of benzene rings is 4. The number of anilines is 1. The number of aromatic nitrogens is 2. The van der Waals surface area contributed by atoms with Gasteiger partial charge in [0.25, 0.3) is 5.78 Å². The quantitative estimate of drug-likeness (QED) is 0.0466. The maximum Gasteiger partial charge on any atom is 0.301 e. The monoisotopic (exact) mass is 665 g/mol. The molecule has 1 unspecified atom stereocenters. The van der Waals surface area contributed by atoms with Gasteiger partial charge in [-0.25, -0.2) is 0 Å². The van der Waals surface area contributed by atoms with Crippen molar-refractivity contribution in [2.45, 2.75) is 43.3 Å². The molecule has 0 aliphatic carbocycles. The highest BCUT2D eigenvalue weighted by atomic mass is 32.2. The summed E-state index contributed by atoms with van der Waals surface area (Å²) in [6.45, 7) is 7.06. The van der Waals surface area contributed by atoms with E-state index >= 15 is 0 Å². The van der Waals surface area contributed by atoms with E-state index in [1.165, 1.54) is 33.4 Å². The molecule has 10 heteroatoms. The number of nitrogens with zero attached hydrogens (tertiary/aromatic N) is 3. The first-order valence-corrected chi connectivity index (χ1v) is 17.3. The highest BCUT2D eigenvalue weighted by Crippen LogP contribution is 2.46. The minimum Gasteiger partial charge on any atom is -0.507 e. The lowest BCUT2D eigenvalue weighted by Gasteiger charge is -2.23. The fraction of sp³-hybridized carbons (Fsp3) is 0.243. The molecular weight excluding hydrogens is 631 g/mol. The summed E-state index contributed by atoms with van der Waals surface area (Å²) in [7, 11) is 0. The van der Waals surface area contributed by atoms with Crippen LogP contribution in [-0.2, 0) is 15.3 Å². The maximum atomic E-state index is 13.8. The minimum absolute atomic E-state index is 0.0303. The Morgan fingerprint density at radius 3 is 2.49 bits per heavy atom. The molecule has 1 aromatic heterocycles. The molecule has 1 atom stereocenters. The van der Waals surface area contributed by atoms with Gasteiger partial charge in [0.05, 0.1) is 24.8 Å². The predicted molar refractivity (Wildman–Crippen MR) is 187 cm³/mol. The number of fused-ring (bicyclic) bond motifs is 1. The van der Waals surface area contributed by atoms with Crippen LogP contribution in [0, 0.1) is 5.92 Å². The highest BCUT2D eigenvalue weighted by Gasteiger charge is 2.48. The van der Waals surface area contributed by atoms with E-state index in [1.54, 1.807) is 42.5 Å². The first-order valence-electron chi connectivity index (χ1n) is 15.5. The Labute approximate surface area is 282 Å². The van der Waals surface area contributed by atoms with Crippen LogP contribution in [0.25, 0.3) is 16.5 Å². The van der Waals surface area contributed by atoms with Crippen molar-refractivity contribution in [3.8, 4) is 11.5 Å². The second-order valence-corrected chi connectivity index (χ2v) is 13.7. The van der Waals surface area contributed by atoms with Crippen LogP contribution in [0.1, 0.15) is 49.9 Å². The molecule has 47 heavy (non-hydrogen) atoms. The molecule has 0 radical (unpaired) electrons. The first-order chi connectivity index (χ1) is 22.9. The van der Waals surface area contributed by atoms with E-state index in [1.807, 2.05) is 31.2 Å². The Bertz CT molecular complexity index is 1930. The standard InChI is InChI=1S/C37H35N3O5S2/c1-4-44-30-21-26(17-18-29(30)45-20-19-23(2)3)32-31(33(41)25-12-6-5-7-13-25)34(42)35(43)40(32)36-38-39-37(47-36)46-22-27-15-10-14-24-11-8-9-16-28(24)27/h5-18,21,23,32,41H,4,19-20,22H2,1-3H3. The fourth-order valence-corrected chi connectivity index (χ4v) is 7.37. The van der Waals surface area contributed by atoms with Gasteiger partial charge in [-0.3, -0.25) is 14.5 Å². The number of ketones is 1. The minimum atomic E-state index is -0.969. The van der Waals surface area contributed by atoms with Gasteiger partial charge in [0.15, 0.2) is 15.8 Å². The smallest absolute Gasteiger partial charge is 0.301 e. The van der Waals surface area contributed by atoms with Crippen molar-refractivity contribution in [3.05, 3.63) is 113 Å². The van der Waals surface area contributed by atoms with Crippen LogP contribution < -0.4 is 14.4 Å². The molecule has 1 aliphatic rings. The van der Waals surface area contributed by atoms with E-state index in [0.717, 1.165) is 17.4 Å². The summed E-state index contributed by atoms with van der Waals surface area (Å²) < 4.78 is 12.7. The lowest BCUT2D eigenvalue weighted by molar-refractivity contribution is -0.132. The van der Waals surface area contributed by atoms with Gasteiger partial charge < -0.3 is 14.6 Å². The molecule has 2 heterocycles. The van der Waals surface area contributed by atoms with Crippen molar-refractivity contribution in [1.29, 1.82) is 0 Å². The summed E-state index contributed by atoms with van der Waals surface area (Å²) in [6.07, 6.45) is 0.877. The molecular formula is C37H35N3O5S2. The summed E-state index contributed by atoms with van der Waals surface area (Å²) in [5.41, 5.74) is 2.13. The number of rotatable bonds is 12. The third-order valence-electron chi connectivity index (χ3n) is 7.86. The number of aliphatic hydroxyl groups is 1. The normalized spacial score (nSPS) is 15.9. The topological polar surface area (TPSA) is 102 Å². The Morgan fingerprint density at radius 1 is 0.936 bits per heavy atom. The lowest BCUT2D eigenvalue weighted by Crippen LogP contribution is -2.29. The van der Waals surface area contributed by atoms with Crippen LogP contribution in [0.4, 0.5) is 5.13 Å². The molecule has 4 aromatic carbocycles. The molecule has 1 saturated heterocycles. The Balaban J connectivity index is 1.37. The Morgan fingerprint density at radius 2 is 1.70 bits per heavy atom. The molecule has 0 spiro atoms. The van der Waals surface area contributed by atoms with Gasteiger partial charge in [-0.1, -0.05) is 116 Å². The number of Topliss-reactive ketones (excluding diaryl/α,β-unsaturated/α-hetero) is 1. The van der Waals surface area contributed by atoms with Gasteiger partial charge in [0, 0.05) is 11.3 Å². The number of hydrogen-bond acceptors (Lipinski definition) is 9. The summed E-state index contributed by atoms with van der Waals surface area (Å²) in [4.78, 5) is 28.8. The first kappa shape index (κ1) is 32.3. The maximum absolute atomic E-state index is 13.8. The molecule has 1 fully saturated rings. The van der Waals surface area contributed by atoms with E-state index < -0.39 is 17.7 Å². The van der Waals surface area contributed by atoms with Crippen LogP contribution >= 0.6 is 23.1 Å². The third-order valence-corrected chi connectivity index (χ3v) is 9.97. The highest BCUT2D eigenvalue weighted by molar-refractivity contribution is 8.00. The van der Waals surface area contributed by atoms with Gasteiger partial charge in [0.2, 0.25) is 5.13 Å². The van der Waals surface area contributed by atoms with Gasteiger partial charge in [0.1, 0.15) is 5.76 Å². The van der Waals surface area contributed by atoms with Crippen LogP contribution in [-0.4, -0.2) is 40.2 Å². The van der Waals surface area contributed by atoms with Gasteiger partial charge in [-0.15, -0.1) is 10.2 Å². The number of amides is 1. The number of ether oxygens (including phenoxy) is 2. The molecule has 5 aromatic rings. The van der Waals surface area contributed by atoms with E-state index in [9.17, 15) is 14.7 Å². The van der Waals surface area contributed by atoms with Crippen molar-refractivity contribution in [3.63, 3.8) is 0 Å². The van der Waals surface area contributed by atoms with E-state index in [0.29, 0.717) is 51.9 Å². The average Bonchev–Trinajstić information content (AvgIpc) is 3.66. The van der Waals surface area contributed by atoms with Crippen molar-refractivity contribution in [1.82, 2.24) is 10.2 Å². The van der Waals surface area contributed by atoms with Crippen molar-refractivity contribution >= 4 is 56.5 Å². The van der Waals surface area contributed by atoms with Crippen molar-refractivity contribution < 1.29 is 24.2 Å². The van der Waals surface area contributed by atoms with Crippen LogP contribution in [0.15, 0.2) is 101 Å². The molecule has 0 saturated carbocycles. The lowest BCUT2D eigenvalue weighted by atomic mass is 9.95. The summed E-state index contributed by atoms with van der Waals surface area (Å²) in [5.74, 6) is 0.340. The van der Waals surface area contributed by atoms with E-state index in [2.05, 4.69) is 48.3 Å². The third kappa shape index (κ3) is 6.89. The van der Waals surface area contributed by atoms with Gasteiger partial charge in [-0.2, -0.15) is 0 Å². The Kier molecular flexibility index (Phi) is 9.89. The van der Waals surface area contributed by atoms with Crippen LogP contribution in [0.5, 0.6) is 11.5 Å². The number of carbonyl (C=O) groups is 2. The summed E-state index contributed by atoms with van der Waals surface area (Å²) >= 11 is 2.75. The molecule has 6 rings (SSSR count). The fourth-order valence-electron chi connectivity index (χ4n) is 5.50. The number of thioether (sulfide) groups is 1. The van der Waals surface area contributed by atoms with Crippen LogP contribution in [0.2, 0.25) is 0 Å². The largest absolute Gasteiger partial charge is 0.507 e. The van der Waals surface area contributed by atoms with Crippen molar-refractivity contribution in [2.75, 3.05) is 18.1 Å². The molecule has 1 aliphatic heterocycles. The predicted octanol–water partition coefficient (Wildman–Crippen LogP) is 8.43. The number of carbonyl (C=O) groups excluding carboxylic acids is 2. The van der Waals surface area contributed by atoms with Gasteiger partial charge in [-0.05, 0) is 53.3 Å². The average molecular weight is 666 g/mol. The molecule has 240 valence electrons. The van der Waals surface area contributed by atoms with E-state index in [4.69, 9.17) is 9.47 Å². The number of hydrogen-bond donors (Lipinski definition) is 1.